The van der Waals surface area contributed by atoms with Crippen LogP contribution < -0.4 is 5.73 Å². The lowest BCUT2D eigenvalue weighted by Crippen LogP contribution is -2.52. The van der Waals surface area contributed by atoms with Crippen molar-refractivity contribution in [1.29, 1.82) is 0 Å². The number of nitrogens with two attached hydrogens (primary N) is 1. The predicted molar refractivity (Wildman–Crippen MR) is 70.4 cm³/mol. The Balaban J connectivity index is 1.79. The Morgan fingerprint density at radius 3 is 2.32 bits per heavy atom. The van der Waals surface area contributed by atoms with Gasteiger partial charge in [0.15, 0.2) is 0 Å². The van der Waals surface area contributed by atoms with Crippen molar-refractivity contribution in [2.45, 2.75) is 25.3 Å². The van der Waals surface area contributed by atoms with E-state index in [1.165, 1.54) is 7.11 Å². The number of ether oxygens (including phenoxy) is 1. The van der Waals surface area contributed by atoms with Crippen LogP contribution in [0.5, 0.6) is 0 Å². The van der Waals surface area contributed by atoms with E-state index in [0.29, 0.717) is 26.2 Å². The molecule has 6 heteroatoms. The van der Waals surface area contributed by atoms with Gasteiger partial charge in [-0.2, -0.15) is 0 Å². The predicted octanol–water partition coefficient (Wildman–Crippen LogP) is -0.569. The molecule has 1 saturated heterocycles. The molecule has 0 aromatic carbocycles. The number of nitrogens with zero attached hydrogens (tertiary/aromatic N) is 2. The van der Waals surface area contributed by atoms with Gasteiger partial charge >= 0.3 is 0 Å². The first-order valence-corrected chi connectivity index (χ1v) is 6.93. The molecule has 0 spiro atoms. The van der Waals surface area contributed by atoms with Crippen molar-refractivity contribution >= 4 is 11.8 Å². The fourth-order valence-electron chi connectivity index (χ4n) is 2.89. The van der Waals surface area contributed by atoms with Gasteiger partial charge in [0.05, 0.1) is 0 Å². The zero-order valence-electron chi connectivity index (χ0n) is 11.5. The van der Waals surface area contributed by atoms with E-state index in [1.807, 2.05) is 4.90 Å². The third-order valence-corrected chi connectivity index (χ3v) is 4.03. The molecular formula is C13H23N3O3. The molecular weight excluding hydrogens is 246 g/mol. The lowest BCUT2D eigenvalue weighted by molar-refractivity contribution is -0.143. The molecule has 0 aromatic heterocycles. The lowest BCUT2D eigenvalue weighted by atomic mass is 10.1. The Kier molecular flexibility index (Phi) is 4.76. The number of hydrogen-bond donors (Lipinski definition) is 1. The quantitative estimate of drug-likeness (QED) is 0.744. The Morgan fingerprint density at radius 2 is 1.79 bits per heavy atom. The highest BCUT2D eigenvalue weighted by atomic mass is 16.5. The van der Waals surface area contributed by atoms with Crippen molar-refractivity contribution in [3.8, 4) is 0 Å². The molecule has 1 aliphatic carbocycles. The van der Waals surface area contributed by atoms with Gasteiger partial charge in [0, 0.05) is 45.2 Å². The van der Waals surface area contributed by atoms with Gasteiger partial charge in [-0.15, -0.1) is 0 Å². The van der Waals surface area contributed by atoms with Gasteiger partial charge in [-0.25, -0.2) is 0 Å². The summed E-state index contributed by atoms with van der Waals surface area (Å²) in [6.07, 6.45) is 2.66. The van der Waals surface area contributed by atoms with Crippen LogP contribution in [0.25, 0.3) is 0 Å². The van der Waals surface area contributed by atoms with Crippen LogP contribution in [-0.4, -0.2) is 67.6 Å². The minimum atomic E-state index is -0.00233. The SMILES string of the molecule is COCC(=O)N1CCN(C(=O)C2CCC(N)C2)CC1. The van der Waals surface area contributed by atoms with Crippen LogP contribution in [0.4, 0.5) is 0 Å². The zero-order chi connectivity index (χ0) is 13.8. The average molecular weight is 269 g/mol. The summed E-state index contributed by atoms with van der Waals surface area (Å²) < 4.78 is 4.84. The molecule has 2 atom stereocenters. The third kappa shape index (κ3) is 3.45. The van der Waals surface area contributed by atoms with E-state index in [2.05, 4.69) is 0 Å². The van der Waals surface area contributed by atoms with E-state index >= 15 is 0 Å². The summed E-state index contributed by atoms with van der Waals surface area (Å²) in [5.74, 6) is 0.306. The standard InChI is InChI=1S/C13H23N3O3/c1-19-9-12(17)15-4-6-16(7-5-15)13(18)10-2-3-11(14)8-10/h10-11H,2-9,14H2,1H3. The van der Waals surface area contributed by atoms with Gasteiger partial charge in [-0.3, -0.25) is 9.59 Å². The second-order valence-electron chi connectivity index (χ2n) is 5.41. The molecule has 2 rings (SSSR count). The second kappa shape index (κ2) is 6.34. The number of amides is 2. The van der Waals surface area contributed by atoms with Crippen LogP contribution in [0.2, 0.25) is 0 Å². The molecule has 2 N–H and O–H groups in total. The average Bonchev–Trinajstić information content (AvgIpc) is 2.85. The summed E-state index contributed by atoms with van der Waals surface area (Å²) in [6, 6.07) is 0.179. The highest BCUT2D eigenvalue weighted by molar-refractivity contribution is 5.80. The summed E-state index contributed by atoms with van der Waals surface area (Å²) in [6.45, 7) is 2.57. The normalized spacial score (nSPS) is 27.7. The number of rotatable bonds is 3. The molecule has 0 radical (unpaired) electrons. The summed E-state index contributed by atoms with van der Waals surface area (Å²) in [5, 5.41) is 0. The van der Waals surface area contributed by atoms with Crippen LogP contribution in [0, 0.1) is 5.92 Å². The van der Waals surface area contributed by atoms with Gasteiger partial charge in [-0.1, -0.05) is 0 Å². The van der Waals surface area contributed by atoms with Crippen LogP contribution >= 0.6 is 0 Å². The number of hydrogen-bond acceptors (Lipinski definition) is 4. The van der Waals surface area contributed by atoms with Gasteiger partial charge in [0.25, 0.3) is 0 Å². The van der Waals surface area contributed by atoms with Crippen molar-refractivity contribution in [1.82, 2.24) is 9.80 Å². The smallest absolute Gasteiger partial charge is 0.248 e. The molecule has 0 aromatic rings. The van der Waals surface area contributed by atoms with Crippen molar-refractivity contribution in [2.24, 2.45) is 11.7 Å². The molecule has 0 bridgehead atoms. The summed E-state index contributed by atoms with van der Waals surface area (Å²) in [4.78, 5) is 27.6. The molecule has 2 amide bonds. The third-order valence-electron chi connectivity index (χ3n) is 4.03. The van der Waals surface area contributed by atoms with E-state index in [0.717, 1.165) is 19.3 Å². The van der Waals surface area contributed by atoms with Crippen LogP contribution in [0.1, 0.15) is 19.3 Å². The van der Waals surface area contributed by atoms with Crippen molar-refractivity contribution in [3.05, 3.63) is 0 Å². The van der Waals surface area contributed by atoms with Crippen molar-refractivity contribution in [2.75, 3.05) is 39.9 Å². The van der Waals surface area contributed by atoms with Crippen molar-refractivity contribution < 1.29 is 14.3 Å². The van der Waals surface area contributed by atoms with Crippen LogP contribution in [0.3, 0.4) is 0 Å². The highest BCUT2D eigenvalue weighted by Crippen LogP contribution is 2.26. The molecule has 2 fully saturated rings. The highest BCUT2D eigenvalue weighted by Gasteiger charge is 2.32. The summed E-state index contributed by atoms with van der Waals surface area (Å²) in [5.41, 5.74) is 5.85. The van der Waals surface area contributed by atoms with Gasteiger partial charge in [0.2, 0.25) is 11.8 Å². The number of carbonyl (C=O) groups excluding carboxylic acids is 2. The van der Waals surface area contributed by atoms with E-state index < -0.39 is 0 Å². The molecule has 2 unspecified atom stereocenters. The number of piperazine rings is 1. The fraction of sp³-hybridized carbons (Fsp3) is 0.846. The Morgan fingerprint density at radius 1 is 1.16 bits per heavy atom. The molecule has 19 heavy (non-hydrogen) atoms. The fourth-order valence-corrected chi connectivity index (χ4v) is 2.89. The van der Waals surface area contributed by atoms with Crippen LogP contribution in [-0.2, 0) is 14.3 Å². The van der Waals surface area contributed by atoms with E-state index in [1.54, 1.807) is 4.90 Å². The molecule has 108 valence electrons. The topological polar surface area (TPSA) is 75.9 Å². The molecule has 2 aliphatic rings. The first kappa shape index (κ1) is 14.3. The van der Waals surface area contributed by atoms with Crippen molar-refractivity contribution in [3.63, 3.8) is 0 Å². The van der Waals surface area contributed by atoms with E-state index in [4.69, 9.17) is 10.5 Å². The Hall–Kier alpha value is -1.14. The molecule has 1 aliphatic heterocycles. The second-order valence-corrected chi connectivity index (χ2v) is 5.41. The lowest BCUT2D eigenvalue weighted by Gasteiger charge is -2.35. The summed E-state index contributed by atoms with van der Waals surface area (Å²) >= 11 is 0. The first-order valence-electron chi connectivity index (χ1n) is 6.93. The van der Waals surface area contributed by atoms with Gasteiger partial charge < -0.3 is 20.3 Å². The monoisotopic (exact) mass is 269 g/mol. The maximum atomic E-state index is 12.3. The maximum absolute atomic E-state index is 12.3. The number of methoxy groups -OCH3 is 1. The van der Waals surface area contributed by atoms with E-state index in [9.17, 15) is 9.59 Å². The Labute approximate surface area is 113 Å². The molecule has 6 nitrogen and oxygen atoms in total. The van der Waals surface area contributed by atoms with Gasteiger partial charge in [-0.05, 0) is 19.3 Å². The molecule has 1 saturated carbocycles. The first-order chi connectivity index (χ1) is 9.11. The minimum absolute atomic E-state index is 0.00233. The summed E-state index contributed by atoms with van der Waals surface area (Å²) in [7, 11) is 1.51. The zero-order valence-corrected chi connectivity index (χ0v) is 11.5. The number of carbonyl (C=O) groups is 2. The van der Waals surface area contributed by atoms with Gasteiger partial charge in [0.1, 0.15) is 6.61 Å². The maximum Gasteiger partial charge on any atom is 0.248 e. The minimum Gasteiger partial charge on any atom is -0.375 e. The van der Waals surface area contributed by atoms with E-state index in [-0.39, 0.29) is 30.4 Å². The Bertz CT molecular complexity index is 340. The molecule has 1 heterocycles. The largest absolute Gasteiger partial charge is 0.375 e. The van der Waals surface area contributed by atoms with Crippen LogP contribution in [0.15, 0.2) is 0 Å².